The summed E-state index contributed by atoms with van der Waals surface area (Å²) < 4.78 is 5.65. The number of benzene rings is 1. The van der Waals surface area contributed by atoms with Crippen molar-refractivity contribution in [3.05, 3.63) is 28.8 Å². The second kappa shape index (κ2) is 7.11. The summed E-state index contributed by atoms with van der Waals surface area (Å²) in [5.74, 6) is 0.630. The Kier molecular flexibility index (Phi) is 5.45. The average molecular weight is 312 g/mol. The van der Waals surface area contributed by atoms with Gasteiger partial charge < -0.3 is 20.3 Å². The Morgan fingerprint density at radius 3 is 2.67 bits per heavy atom. The van der Waals surface area contributed by atoms with E-state index in [2.05, 4.69) is 11.9 Å². The summed E-state index contributed by atoms with van der Waals surface area (Å²) in [5, 5.41) is 0.611. The van der Waals surface area contributed by atoms with Gasteiger partial charge in [0.05, 0.1) is 0 Å². The molecule has 0 unspecified atom stereocenters. The Labute approximate surface area is 130 Å². The molecule has 0 aliphatic carbocycles. The van der Waals surface area contributed by atoms with E-state index >= 15 is 0 Å². The minimum atomic E-state index is -0.197. The molecule has 1 amide bonds. The van der Waals surface area contributed by atoms with Crippen LogP contribution in [0.3, 0.4) is 0 Å². The van der Waals surface area contributed by atoms with Gasteiger partial charge >= 0.3 is 0 Å². The molecule has 116 valence electrons. The van der Waals surface area contributed by atoms with Crippen molar-refractivity contribution < 1.29 is 9.53 Å². The monoisotopic (exact) mass is 311 g/mol. The van der Waals surface area contributed by atoms with Gasteiger partial charge in [0, 0.05) is 42.8 Å². The first-order valence-electron chi connectivity index (χ1n) is 7.11. The zero-order valence-electron chi connectivity index (χ0n) is 12.5. The molecule has 0 saturated carbocycles. The molecular formula is C15H22ClN3O2. The van der Waals surface area contributed by atoms with Crippen LogP contribution >= 0.6 is 11.6 Å². The van der Waals surface area contributed by atoms with E-state index in [1.165, 1.54) is 0 Å². The lowest BCUT2D eigenvalue weighted by Gasteiger charge is -2.32. The summed E-state index contributed by atoms with van der Waals surface area (Å²) in [7, 11) is 2.06. The number of carbonyl (C=O) groups excluding carboxylic acids is 1. The van der Waals surface area contributed by atoms with Crippen molar-refractivity contribution in [1.29, 1.82) is 0 Å². The van der Waals surface area contributed by atoms with E-state index in [0.717, 1.165) is 31.7 Å². The fourth-order valence-corrected chi connectivity index (χ4v) is 2.47. The molecule has 6 heteroatoms. The van der Waals surface area contributed by atoms with Gasteiger partial charge in [-0.25, -0.2) is 0 Å². The smallest absolute Gasteiger partial charge is 0.260 e. The molecule has 1 aromatic carbocycles. The SMILES string of the molecule is C[C@H](N)c1cc(Cl)ccc1OCC(=O)N1CCN(C)CC1. The van der Waals surface area contributed by atoms with E-state index in [1.807, 2.05) is 11.8 Å². The number of ether oxygens (including phenoxy) is 1. The average Bonchev–Trinajstić information content (AvgIpc) is 2.46. The lowest BCUT2D eigenvalue weighted by Crippen LogP contribution is -2.48. The first-order valence-corrected chi connectivity index (χ1v) is 7.49. The van der Waals surface area contributed by atoms with Crippen LogP contribution in [0.25, 0.3) is 0 Å². The summed E-state index contributed by atoms with van der Waals surface area (Å²) in [6.45, 7) is 5.19. The van der Waals surface area contributed by atoms with Gasteiger partial charge in [0.2, 0.25) is 0 Å². The van der Waals surface area contributed by atoms with E-state index in [-0.39, 0.29) is 18.6 Å². The van der Waals surface area contributed by atoms with Crippen LogP contribution in [0, 0.1) is 0 Å². The number of halogens is 1. The van der Waals surface area contributed by atoms with Crippen molar-refractivity contribution in [2.45, 2.75) is 13.0 Å². The minimum absolute atomic E-state index is 0.00803. The molecule has 1 aromatic rings. The molecule has 1 heterocycles. The van der Waals surface area contributed by atoms with Crippen LogP contribution in [-0.4, -0.2) is 55.5 Å². The Balaban J connectivity index is 1.95. The van der Waals surface area contributed by atoms with Crippen molar-refractivity contribution in [3.8, 4) is 5.75 Å². The molecule has 0 spiro atoms. The number of rotatable bonds is 4. The lowest BCUT2D eigenvalue weighted by atomic mass is 10.1. The maximum Gasteiger partial charge on any atom is 0.260 e. The first-order chi connectivity index (χ1) is 9.97. The normalized spacial score (nSPS) is 17.6. The van der Waals surface area contributed by atoms with Gasteiger partial charge in [0.25, 0.3) is 5.91 Å². The zero-order chi connectivity index (χ0) is 15.4. The Hall–Kier alpha value is -1.30. The molecule has 5 nitrogen and oxygen atoms in total. The van der Waals surface area contributed by atoms with Crippen LogP contribution < -0.4 is 10.5 Å². The summed E-state index contributed by atoms with van der Waals surface area (Å²) in [6.07, 6.45) is 0. The number of carbonyl (C=O) groups is 1. The first kappa shape index (κ1) is 16.1. The lowest BCUT2D eigenvalue weighted by molar-refractivity contribution is -0.134. The topological polar surface area (TPSA) is 58.8 Å². The molecule has 0 bridgehead atoms. The van der Waals surface area contributed by atoms with Crippen LogP contribution in [-0.2, 0) is 4.79 Å². The summed E-state index contributed by atoms with van der Waals surface area (Å²) >= 11 is 5.97. The fourth-order valence-electron chi connectivity index (χ4n) is 2.29. The van der Waals surface area contributed by atoms with Crippen molar-refractivity contribution in [2.24, 2.45) is 5.73 Å². The predicted octanol–water partition coefficient (Wildman–Crippen LogP) is 1.51. The number of piperazine rings is 1. The maximum absolute atomic E-state index is 12.2. The van der Waals surface area contributed by atoms with Crippen LogP contribution in [0.5, 0.6) is 5.75 Å². The molecule has 0 radical (unpaired) electrons. The van der Waals surface area contributed by atoms with E-state index in [9.17, 15) is 4.79 Å². The number of likely N-dealkylation sites (N-methyl/N-ethyl adjacent to an activating group) is 1. The molecule has 1 aliphatic heterocycles. The van der Waals surface area contributed by atoms with E-state index in [1.54, 1.807) is 18.2 Å². The molecule has 0 aromatic heterocycles. The molecule has 2 N–H and O–H groups in total. The highest BCUT2D eigenvalue weighted by molar-refractivity contribution is 6.30. The van der Waals surface area contributed by atoms with Crippen LogP contribution in [0.1, 0.15) is 18.5 Å². The number of nitrogens with zero attached hydrogens (tertiary/aromatic N) is 2. The summed E-state index contributed by atoms with van der Waals surface area (Å²) in [5.41, 5.74) is 6.72. The quantitative estimate of drug-likeness (QED) is 0.916. The Bertz CT molecular complexity index is 500. The molecular weight excluding hydrogens is 290 g/mol. The van der Waals surface area contributed by atoms with Crippen molar-refractivity contribution >= 4 is 17.5 Å². The van der Waals surface area contributed by atoms with Gasteiger partial charge in [-0.15, -0.1) is 0 Å². The second-order valence-corrected chi connectivity index (χ2v) is 5.88. The highest BCUT2D eigenvalue weighted by Gasteiger charge is 2.20. The van der Waals surface area contributed by atoms with E-state index in [0.29, 0.717) is 10.8 Å². The van der Waals surface area contributed by atoms with Crippen molar-refractivity contribution in [2.75, 3.05) is 39.8 Å². The zero-order valence-corrected chi connectivity index (χ0v) is 13.3. The summed E-state index contributed by atoms with van der Waals surface area (Å²) in [4.78, 5) is 16.2. The fraction of sp³-hybridized carbons (Fsp3) is 0.533. The molecule has 21 heavy (non-hydrogen) atoms. The van der Waals surface area contributed by atoms with Crippen LogP contribution in [0.4, 0.5) is 0 Å². The molecule has 1 saturated heterocycles. The second-order valence-electron chi connectivity index (χ2n) is 5.44. The van der Waals surface area contributed by atoms with Crippen LogP contribution in [0.15, 0.2) is 18.2 Å². The minimum Gasteiger partial charge on any atom is -0.483 e. The van der Waals surface area contributed by atoms with Gasteiger partial charge in [-0.1, -0.05) is 11.6 Å². The highest BCUT2D eigenvalue weighted by Crippen LogP contribution is 2.27. The highest BCUT2D eigenvalue weighted by atomic mass is 35.5. The third-order valence-electron chi connectivity index (χ3n) is 3.67. The summed E-state index contributed by atoms with van der Waals surface area (Å²) in [6, 6.07) is 5.08. The number of hydrogen-bond donors (Lipinski definition) is 1. The third kappa shape index (κ3) is 4.33. The molecule has 2 rings (SSSR count). The van der Waals surface area contributed by atoms with Gasteiger partial charge in [0.1, 0.15) is 5.75 Å². The van der Waals surface area contributed by atoms with Crippen molar-refractivity contribution in [3.63, 3.8) is 0 Å². The van der Waals surface area contributed by atoms with E-state index in [4.69, 9.17) is 22.1 Å². The van der Waals surface area contributed by atoms with E-state index < -0.39 is 0 Å². The van der Waals surface area contributed by atoms with Gasteiger partial charge in [-0.2, -0.15) is 0 Å². The number of nitrogens with two attached hydrogens (primary N) is 1. The number of amides is 1. The van der Waals surface area contributed by atoms with Gasteiger partial charge in [-0.3, -0.25) is 4.79 Å². The van der Waals surface area contributed by atoms with Gasteiger partial charge in [0.15, 0.2) is 6.61 Å². The van der Waals surface area contributed by atoms with Crippen LogP contribution in [0.2, 0.25) is 5.02 Å². The van der Waals surface area contributed by atoms with Gasteiger partial charge in [-0.05, 0) is 32.2 Å². The largest absolute Gasteiger partial charge is 0.483 e. The molecule has 1 fully saturated rings. The predicted molar refractivity (Wildman–Crippen MR) is 83.6 cm³/mol. The standard InChI is InChI=1S/C15H22ClN3O2/c1-11(17)13-9-12(16)3-4-14(13)21-10-15(20)19-7-5-18(2)6-8-19/h3-4,9,11H,5-8,10,17H2,1-2H3/t11-/m0/s1. The maximum atomic E-state index is 12.2. The molecule has 1 atom stereocenters. The third-order valence-corrected chi connectivity index (χ3v) is 3.90. The number of hydrogen-bond acceptors (Lipinski definition) is 4. The Morgan fingerprint density at radius 2 is 2.05 bits per heavy atom. The Morgan fingerprint density at radius 1 is 1.38 bits per heavy atom. The van der Waals surface area contributed by atoms with Crippen molar-refractivity contribution in [1.82, 2.24) is 9.80 Å². The molecule has 1 aliphatic rings.